The molecule has 0 aliphatic rings. The molecule has 4 N–H and O–H groups in total. The number of aliphatic hydroxyl groups excluding tert-OH is 1. The zero-order valence-corrected chi connectivity index (χ0v) is 13.6. The van der Waals surface area contributed by atoms with Crippen molar-refractivity contribution in [2.45, 2.75) is 6.54 Å². The number of benzene rings is 1. The van der Waals surface area contributed by atoms with Gasteiger partial charge in [0.1, 0.15) is 0 Å². The number of pyridine rings is 1. The average molecular weight is 337 g/mol. The topological polar surface area (TPSA) is 108 Å². The van der Waals surface area contributed by atoms with Gasteiger partial charge in [0.15, 0.2) is 0 Å². The van der Waals surface area contributed by atoms with Crippen LogP contribution in [0.2, 0.25) is 0 Å². The van der Waals surface area contributed by atoms with Crippen LogP contribution in [0.4, 0.5) is 23.5 Å². The SMILES string of the molecule is OCCNc1nc(NCc2ccncc2)nc(Nc2ccccc2)n1. The second kappa shape index (κ2) is 8.55. The van der Waals surface area contributed by atoms with Crippen LogP contribution in [0.15, 0.2) is 54.9 Å². The molecule has 3 rings (SSSR count). The predicted molar refractivity (Wildman–Crippen MR) is 96.7 cm³/mol. The van der Waals surface area contributed by atoms with E-state index in [0.717, 1.165) is 11.3 Å². The fourth-order valence-corrected chi connectivity index (χ4v) is 2.09. The number of hydrogen-bond donors (Lipinski definition) is 4. The highest BCUT2D eigenvalue weighted by Crippen LogP contribution is 2.15. The first kappa shape index (κ1) is 16.6. The molecule has 0 aliphatic carbocycles. The Labute approximate surface area is 145 Å². The molecule has 2 aromatic heterocycles. The Bertz CT molecular complexity index is 784. The summed E-state index contributed by atoms with van der Waals surface area (Å²) in [6.07, 6.45) is 3.47. The van der Waals surface area contributed by atoms with Gasteiger partial charge in [0.2, 0.25) is 17.8 Å². The molecule has 25 heavy (non-hydrogen) atoms. The molecule has 0 aliphatic heterocycles. The van der Waals surface area contributed by atoms with Crippen molar-refractivity contribution < 1.29 is 5.11 Å². The van der Waals surface area contributed by atoms with Crippen LogP contribution in [0, 0.1) is 0 Å². The van der Waals surface area contributed by atoms with Gasteiger partial charge in [-0.15, -0.1) is 0 Å². The Kier molecular flexibility index (Phi) is 5.68. The lowest BCUT2D eigenvalue weighted by atomic mass is 10.3. The molecule has 0 bridgehead atoms. The summed E-state index contributed by atoms with van der Waals surface area (Å²) in [5.41, 5.74) is 1.94. The molecular weight excluding hydrogens is 318 g/mol. The molecule has 0 radical (unpaired) electrons. The number of anilines is 4. The van der Waals surface area contributed by atoms with E-state index in [1.807, 2.05) is 42.5 Å². The third-order valence-electron chi connectivity index (χ3n) is 3.26. The number of aromatic nitrogens is 4. The zero-order valence-electron chi connectivity index (χ0n) is 13.6. The molecular formula is C17H19N7O. The Balaban J connectivity index is 1.77. The summed E-state index contributed by atoms with van der Waals surface area (Å²) in [4.78, 5) is 17.0. The van der Waals surface area contributed by atoms with Gasteiger partial charge in [-0.05, 0) is 29.8 Å². The van der Waals surface area contributed by atoms with Gasteiger partial charge in [-0.1, -0.05) is 18.2 Å². The van der Waals surface area contributed by atoms with Crippen LogP contribution in [0.3, 0.4) is 0 Å². The fourth-order valence-electron chi connectivity index (χ4n) is 2.09. The maximum atomic E-state index is 8.98. The Morgan fingerprint density at radius 3 is 2.20 bits per heavy atom. The molecule has 8 nitrogen and oxygen atoms in total. The molecule has 0 spiro atoms. The highest BCUT2D eigenvalue weighted by molar-refractivity contribution is 5.55. The van der Waals surface area contributed by atoms with Crippen LogP contribution >= 0.6 is 0 Å². The van der Waals surface area contributed by atoms with Gasteiger partial charge < -0.3 is 21.1 Å². The number of rotatable bonds is 8. The van der Waals surface area contributed by atoms with Gasteiger partial charge >= 0.3 is 0 Å². The number of nitrogens with one attached hydrogen (secondary N) is 3. The van der Waals surface area contributed by atoms with Crippen molar-refractivity contribution in [3.8, 4) is 0 Å². The van der Waals surface area contributed by atoms with E-state index in [1.165, 1.54) is 0 Å². The van der Waals surface area contributed by atoms with Gasteiger partial charge in [-0.2, -0.15) is 15.0 Å². The van der Waals surface area contributed by atoms with E-state index in [0.29, 0.717) is 30.9 Å². The second-order valence-electron chi connectivity index (χ2n) is 5.16. The summed E-state index contributed by atoms with van der Waals surface area (Å²) < 4.78 is 0. The van der Waals surface area contributed by atoms with E-state index in [1.54, 1.807) is 12.4 Å². The van der Waals surface area contributed by atoms with Gasteiger partial charge in [0.05, 0.1) is 6.61 Å². The van der Waals surface area contributed by atoms with E-state index in [4.69, 9.17) is 5.11 Å². The van der Waals surface area contributed by atoms with Gasteiger partial charge in [0, 0.05) is 31.2 Å². The molecule has 0 saturated carbocycles. The lowest BCUT2D eigenvalue weighted by molar-refractivity contribution is 0.311. The minimum absolute atomic E-state index is 0.00704. The monoisotopic (exact) mass is 337 g/mol. The molecule has 1 aromatic carbocycles. The minimum atomic E-state index is -0.00704. The van der Waals surface area contributed by atoms with Crippen molar-refractivity contribution in [1.29, 1.82) is 0 Å². The molecule has 0 atom stereocenters. The van der Waals surface area contributed by atoms with Crippen molar-refractivity contribution in [3.05, 3.63) is 60.4 Å². The summed E-state index contributed by atoms with van der Waals surface area (Å²) in [7, 11) is 0. The van der Waals surface area contributed by atoms with E-state index < -0.39 is 0 Å². The first-order valence-electron chi connectivity index (χ1n) is 7.89. The van der Waals surface area contributed by atoms with E-state index in [2.05, 4.69) is 35.9 Å². The van der Waals surface area contributed by atoms with Crippen molar-refractivity contribution >= 4 is 23.5 Å². The van der Waals surface area contributed by atoms with Gasteiger partial charge in [-0.3, -0.25) is 4.98 Å². The first-order chi connectivity index (χ1) is 12.3. The Morgan fingerprint density at radius 1 is 0.800 bits per heavy atom. The van der Waals surface area contributed by atoms with Crippen molar-refractivity contribution in [1.82, 2.24) is 19.9 Å². The molecule has 0 unspecified atom stereocenters. The average Bonchev–Trinajstić information content (AvgIpc) is 2.66. The quantitative estimate of drug-likeness (QED) is 0.494. The summed E-state index contributed by atoms with van der Waals surface area (Å²) >= 11 is 0. The summed E-state index contributed by atoms with van der Waals surface area (Å²) in [5.74, 6) is 1.24. The first-order valence-corrected chi connectivity index (χ1v) is 7.89. The largest absolute Gasteiger partial charge is 0.395 e. The minimum Gasteiger partial charge on any atom is -0.395 e. The van der Waals surface area contributed by atoms with Crippen molar-refractivity contribution in [3.63, 3.8) is 0 Å². The molecule has 0 fully saturated rings. The van der Waals surface area contributed by atoms with Crippen LogP contribution in [0.25, 0.3) is 0 Å². The smallest absolute Gasteiger partial charge is 0.233 e. The van der Waals surface area contributed by atoms with E-state index >= 15 is 0 Å². The number of nitrogens with zero attached hydrogens (tertiary/aromatic N) is 4. The fraction of sp³-hybridized carbons (Fsp3) is 0.176. The molecule has 2 heterocycles. The maximum absolute atomic E-state index is 8.98. The van der Waals surface area contributed by atoms with E-state index in [-0.39, 0.29) is 6.61 Å². The Morgan fingerprint density at radius 2 is 1.48 bits per heavy atom. The Hall–Kier alpha value is -3.26. The third-order valence-corrected chi connectivity index (χ3v) is 3.26. The molecule has 8 heteroatoms. The summed E-state index contributed by atoms with van der Waals surface area (Å²) in [6, 6.07) is 13.5. The van der Waals surface area contributed by atoms with Crippen LogP contribution in [-0.4, -0.2) is 38.2 Å². The summed E-state index contributed by atoms with van der Waals surface area (Å²) in [5, 5.41) is 18.3. The third kappa shape index (κ3) is 5.11. The molecule has 0 saturated heterocycles. The lowest BCUT2D eigenvalue weighted by Crippen LogP contribution is -2.13. The molecule has 3 aromatic rings. The second-order valence-corrected chi connectivity index (χ2v) is 5.16. The number of aliphatic hydroxyl groups is 1. The number of hydrogen-bond acceptors (Lipinski definition) is 8. The van der Waals surface area contributed by atoms with Crippen LogP contribution in [0.1, 0.15) is 5.56 Å². The van der Waals surface area contributed by atoms with Crippen molar-refractivity contribution in [2.75, 3.05) is 29.1 Å². The highest BCUT2D eigenvalue weighted by atomic mass is 16.3. The van der Waals surface area contributed by atoms with Gasteiger partial charge in [-0.25, -0.2) is 0 Å². The highest BCUT2D eigenvalue weighted by Gasteiger charge is 2.07. The standard InChI is InChI=1S/C17H19N7O/c25-11-10-19-15-22-16(20-12-13-6-8-18-9-7-13)24-17(23-15)21-14-4-2-1-3-5-14/h1-9,25H,10-12H2,(H3,19,20,21,22,23,24). The number of para-hydroxylation sites is 1. The predicted octanol–water partition coefficient (Wildman–Crippen LogP) is 2.03. The van der Waals surface area contributed by atoms with Crippen LogP contribution < -0.4 is 16.0 Å². The van der Waals surface area contributed by atoms with Gasteiger partial charge in [0.25, 0.3) is 0 Å². The normalized spacial score (nSPS) is 10.3. The van der Waals surface area contributed by atoms with Crippen LogP contribution in [0.5, 0.6) is 0 Å². The lowest BCUT2D eigenvalue weighted by Gasteiger charge is -2.11. The molecule has 0 amide bonds. The van der Waals surface area contributed by atoms with Crippen LogP contribution in [-0.2, 0) is 6.54 Å². The maximum Gasteiger partial charge on any atom is 0.233 e. The summed E-state index contributed by atoms with van der Waals surface area (Å²) in [6.45, 7) is 0.919. The van der Waals surface area contributed by atoms with Crippen molar-refractivity contribution in [2.24, 2.45) is 0 Å². The zero-order chi connectivity index (χ0) is 17.3. The van der Waals surface area contributed by atoms with E-state index in [9.17, 15) is 0 Å². The molecule has 128 valence electrons.